The van der Waals surface area contributed by atoms with Crippen LogP contribution >= 0.6 is 0 Å². The summed E-state index contributed by atoms with van der Waals surface area (Å²) in [4.78, 5) is 25.0. The van der Waals surface area contributed by atoms with Crippen LogP contribution in [-0.2, 0) is 9.53 Å². The first kappa shape index (κ1) is 14.0. The number of hydrogen-bond acceptors (Lipinski definition) is 4. The van der Waals surface area contributed by atoms with Crippen LogP contribution in [0.4, 0.5) is 5.69 Å². The number of carbonyl (C=O) groups is 2. The van der Waals surface area contributed by atoms with Crippen LogP contribution in [0.15, 0.2) is 24.3 Å². The molecule has 0 aliphatic rings. The largest absolute Gasteiger partial charge is 0.468 e. The minimum atomic E-state index is -0.452. The van der Waals surface area contributed by atoms with Crippen molar-refractivity contribution in [1.29, 1.82) is 0 Å². The van der Waals surface area contributed by atoms with Crippen molar-refractivity contribution in [2.45, 2.75) is 19.9 Å². The summed E-state index contributed by atoms with van der Waals surface area (Å²) in [5.41, 5.74) is 6.56. The van der Waals surface area contributed by atoms with E-state index in [1.54, 1.807) is 24.3 Å². The minimum absolute atomic E-state index is 0.0820. The number of amides is 1. The molecule has 2 N–H and O–H groups in total. The zero-order valence-electron chi connectivity index (χ0n) is 10.8. The number of nitrogens with zero attached hydrogens (tertiary/aromatic N) is 1. The smallest absolute Gasteiger partial charge is 0.325 e. The summed E-state index contributed by atoms with van der Waals surface area (Å²) >= 11 is 0. The molecule has 0 aliphatic heterocycles. The second-order valence-electron chi connectivity index (χ2n) is 4.19. The van der Waals surface area contributed by atoms with Crippen molar-refractivity contribution in [2.75, 3.05) is 19.4 Å². The lowest BCUT2D eigenvalue weighted by atomic mass is 10.1. The van der Waals surface area contributed by atoms with E-state index < -0.39 is 5.97 Å². The van der Waals surface area contributed by atoms with Gasteiger partial charge in [0, 0.05) is 11.7 Å². The third-order valence-electron chi connectivity index (χ3n) is 2.60. The molecule has 1 rings (SSSR count). The molecule has 0 saturated heterocycles. The molecule has 0 bridgehead atoms. The third-order valence-corrected chi connectivity index (χ3v) is 2.60. The number of carbonyl (C=O) groups excluding carboxylic acids is 2. The van der Waals surface area contributed by atoms with E-state index in [2.05, 4.69) is 4.74 Å². The maximum Gasteiger partial charge on any atom is 0.325 e. The highest BCUT2D eigenvalue weighted by Crippen LogP contribution is 2.15. The molecule has 1 aromatic rings. The fourth-order valence-corrected chi connectivity index (χ4v) is 1.54. The van der Waals surface area contributed by atoms with Crippen molar-refractivity contribution in [3.05, 3.63) is 29.8 Å². The van der Waals surface area contributed by atoms with Gasteiger partial charge in [-0.1, -0.05) is 12.1 Å². The zero-order valence-corrected chi connectivity index (χ0v) is 10.8. The molecule has 1 aromatic carbocycles. The van der Waals surface area contributed by atoms with Gasteiger partial charge in [0.15, 0.2) is 0 Å². The van der Waals surface area contributed by atoms with Gasteiger partial charge in [-0.2, -0.15) is 0 Å². The van der Waals surface area contributed by atoms with Gasteiger partial charge in [-0.3, -0.25) is 9.59 Å². The Morgan fingerprint density at radius 1 is 1.33 bits per heavy atom. The van der Waals surface area contributed by atoms with E-state index in [0.717, 1.165) is 0 Å². The van der Waals surface area contributed by atoms with Gasteiger partial charge in [0.05, 0.1) is 12.7 Å². The van der Waals surface area contributed by atoms with Gasteiger partial charge in [-0.05, 0) is 26.0 Å². The third kappa shape index (κ3) is 3.23. The molecule has 0 aliphatic carbocycles. The number of nitrogen functional groups attached to an aromatic ring is 1. The number of anilines is 1. The average molecular weight is 250 g/mol. The second-order valence-corrected chi connectivity index (χ2v) is 4.19. The van der Waals surface area contributed by atoms with Gasteiger partial charge in [0.1, 0.15) is 6.54 Å². The van der Waals surface area contributed by atoms with E-state index in [9.17, 15) is 9.59 Å². The van der Waals surface area contributed by atoms with Crippen LogP contribution in [0, 0.1) is 0 Å². The summed E-state index contributed by atoms with van der Waals surface area (Å²) in [6.07, 6.45) is 0. The molecule has 5 heteroatoms. The molecule has 0 heterocycles. The van der Waals surface area contributed by atoms with Gasteiger partial charge in [-0.15, -0.1) is 0 Å². The van der Waals surface area contributed by atoms with Crippen molar-refractivity contribution in [2.24, 2.45) is 0 Å². The molecular formula is C13H18N2O3. The van der Waals surface area contributed by atoms with Gasteiger partial charge in [0.25, 0.3) is 5.91 Å². The van der Waals surface area contributed by atoms with Crippen molar-refractivity contribution in [3.63, 3.8) is 0 Å². The summed E-state index contributed by atoms with van der Waals surface area (Å²) in [5.74, 6) is -0.722. The summed E-state index contributed by atoms with van der Waals surface area (Å²) in [6, 6.07) is 6.68. The van der Waals surface area contributed by atoms with Crippen molar-refractivity contribution >= 4 is 17.6 Å². The second kappa shape index (κ2) is 6.05. The molecule has 98 valence electrons. The zero-order chi connectivity index (χ0) is 13.7. The van der Waals surface area contributed by atoms with E-state index in [-0.39, 0.29) is 18.5 Å². The quantitative estimate of drug-likeness (QED) is 0.645. The lowest BCUT2D eigenvalue weighted by Gasteiger charge is -2.26. The number of esters is 1. The number of methoxy groups -OCH3 is 1. The normalized spacial score (nSPS) is 10.2. The maximum absolute atomic E-state index is 12.3. The number of ether oxygens (including phenoxy) is 1. The lowest BCUT2D eigenvalue weighted by molar-refractivity contribution is -0.141. The monoisotopic (exact) mass is 250 g/mol. The van der Waals surface area contributed by atoms with Crippen LogP contribution in [0.1, 0.15) is 24.2 Å². The van der Waals surface area contributed by atoms with Crippen LogP contribution < -0.4 is 5.73 Å². The first-order valence-electron chi connectivity index (χ1n) is 5.69. The van der Waals surface area contributed by atoms with E-state index in [1.807, 2.05) is 13.8 Å². The number of rotatable bonds is 4. The number of hydrogen-bond donors (Lipinski definition) is 1. The Balaban J connectivity index is 2.97. The Bertz CT molecular complexity index is 444. The highest BCUT2D eigenvalue weighted by molar-refractivity contribution is 6.00. The Labute approximate surface area is 107 Å². The van der Waals surface area contributed by atoms with Crippen LogP contribution in [0.5, 0.6) is 0 Å². The van der Waals surface area contributed by atoms with Crippen molar-refractivity contribution < 1.29 is 14.3 Å². The van der Waals surface area contributed by atoms with E-state index in [4.69, 9.17) is 5.73 Å². The van der Waals surface area contributed by atoms with Gasteiger partial charge >= 0.3 is 5.97 Å². The van der Waals surface area contributed by atoms with E-state index in [1.165, 1.54) is 12.0 Å². The molecule has 1 amide bonds. The highest BCUT2D eigenvalue weighted by Gasteiger charge is 2.23. The fraction of sp³-hybridized carbons (Fsp3) is 0.385. The number of benzene rings is 1. The molecule has 0 spiro atoms. The van der Waals surface area contributed by atoms with E-state index >= 15 is 0 Å². The first-order chi connectivity index (χ1) is 8.47. The highest BCUT2D eigenvalue weighted by atomic mass is 16.5. The Morgan fingerprint density at radius 2 is 1.94 bits per heavy atom. The molecule has 18 heavy (non-hydrogen) atoms. The Morgan fingerprint density at radius 3 is 2.44 bits per heavy atom. The van der Waals surface area contributed by atoms with Crippen LogP contribution in [-0.4, -0.2) is 36.5 Å². The van der Waals surface area contributed by atoms with Crippen LogP contribution in [0.2, 0.25) is 0 Å². The summed E-state index contributed by atoms with van der Waals surface area (Å²) in [7, 11) is 1.29. The first-order valence-corrected chi connectivity index (χ1v) is 5.69. The molecule has 0 saturated carbocycles. The van der Waals surface area contributed by atoms with Crippen molar-refractivity contribution in [3.8, 4) is 0 Å². The molecule has 0 aromatic heterocycles. The predicted molar refractivity (Wildman–Crippen MR) is 69.0 cm³/mol. The Kier molecular flexibility index (Phi) is 4.71. The summed E-state index contributed by atoms with van der Waals surface area (Å²) in [6.45, 7) is 3.58. The molecule has 5 nitrogen and oxygen atoms in total. The SMILES string of the molecule is COC(=O)CN(C(=O)c1ccccc1N)C(C)C. The van der Waals surface area contributed by atoms with Crippen LogP contribution in [0.25, 0.3) is 0 Å². The molecular weight excluding hydrogens is 232 g/mol. The van der Waals surface area contributed by atoms with Gasteiger partial charge in [0.2, 0.25) is 0 Å². The molecule has 0 atom stereocenters. The molecule has 0 radical (unpaired) electrons. The summed E-state index contributed by atoms with van der Waals surface area (Å²) in [5, 5.41) is 0. The predicted octanol–water partition coefficient (Wildman–Crippen LogP) is 1.29. The minimum Gasteiger partial charge on any atom is -0.468 e. The summed E-state index contributed by atoms with van der Waals surface area (Å²) < 4.78 is 4.58. The maximum atomic E-state index is 12.3. The lowest BCUT2D eigenvalue weighted by Crippen LogP contribution is -2.41. The Hall–Kier alpha value is -2.04. The average Bonchev–Trinajstić information content (AvgIpc) is 2.35. The fourth-order valence-electron chi connectivity index (χ4n) is 1.54. The number of nitrogens with two attached hydrogens (primary N) is 1. The van der Waals surface area contributed by atoms with Gasteiger partial charge in [-0.25, -0.2) is 0 Å². The molecule has 0 unspecified atom stereocenters. The van der Waals surface area contributed by atoms with Crippen molar-refractivity contribution in [1.82, 2.24) is 4.90 Å². The topological polar surface area (TPSA) is 72.6 Å². The van der Waals surface area contributed by atoms with E-state index in [0.29, 0.717) is 11.3 Å². The molecule has 0 fully saturated rings. The van der Waals surface area contributed by atoms with Gasteiger partial charge < -0.3 is 15.4 Å². The van der Waals surface area contributed by atoms with Crippen LogP contribution in [0.3, 0.4) is 0 Å². The number of para-hydroxylation sites is 1. The standard InChI is InChI=1S/C13H18N2O3/c1-9(2)15(8-12(16)18-3)13(17)10-6-4-5-7-11(10)14/h4-7,9H,8,14H2,1-3H3.